The summed E-state index contributed by atoms with van der Waals surface area (Å²) in [6.07, 6.45) is -4.68. The maximum Gasteiger partial charge on any atom is 0.459 e. The van der Waals surface area contributed by atoms with Gasteiger partial charge in [0, 0.05) is 17.6 Å². The molecule has 13 nitrogen and oxygen atoms in total. The van der Waals surface area contributed by atoms with Gasteiger partial charge in [-0.1, -0.05) is 66.7 Å². The fraction of sp³-hybridized carbons (Fsp3) is 0.276. The monoisotopic (exact) mass is 611 g/mol. The summed E-state index contributed by atoms with van der Waals surface area (Å²) < 4.78 is 37.6. The van der Waals surface area contributed by atoms with Crippen molar-refractivity contribution in [3.8, 4) is 5.75 Å². The van der Waals surface area contributed by atoms with Crippen LogP contribution in [0.5, 0.6) is 5.75 Å². The first kappa shape index (κ1) is 30.4. The number of nitrogens with one attached hydrogen (secondary N) is 2. The fourth-order valence-electron chi connectivity index (χ4n) is 4.53. The zero-order valence-electron chi connectivity index (χ0n) is 22.9. The Balaban J connectivity index is 1.34. The number of carbonyl (C=O) groups excluding carboxylic acids is 1. The van der Waals surface area contributed by atoms with Gasteiger partial charge in [0.05, 0.1) is 6.61 Å². The molecule has 0 radical (unpaired) electrons. The number of aromatic amines is 1. The maximum absolute atomic E-state index is 14.1. The molecule has 0 bridgehead atoms. The van der Waals surface area contributed by atoms with Crippen molar-refractivity contribution in [2.75, 3.05) is 6.61 Å². The standard InChI is InChI=1S/C29H30N3O10P/c1-18(28(36)39-16-19-8-3-2-4-9-19)31-43(38,42-22-13-7-11-20-10-5-6-12-21(20)22)40-17-23-25(34)26(35)27(41-23)32-15-14-24(33)30-29(32)37/h2-15,18,23,25-27,34-35H,16-17H2,1H3,(H,31,38)(H,30,33,37)/t18-,23+,25+,26+,27+,43?/m0/s1. The normalized spacial score (nSPS) is 22.1. The number of aromatic nitrogens is 2. The van der Waals surface area contributed by atoms with Gasteiger partial charge in [-0.3, -0.25) is 23.7 Å². The van der Waals surface area contributed by atoms with Crippen LogP contribution in [-0.2, 0) is 30.0 Å². The van der Waals surface area contributed by atoms with E-state index in [4.69, 9.17) is 18.5 Å². The molecule has 1 unspecified atom stereocenters. The lowest BCUT2D eigenvalue weighted by Gasteiger charge is -2.25. The Labute approximate surface area is 245 Å². The lowest BCUT2D eigenvalue weighted by atomic mass is 10.1. The van der Waals surface area contributed by atoms with E-state index in [0.717, 1.165) is 27.8 Å². The Morgan fingerprint density at radius 1 is 1.02 bits per heavy atom. The second kappa shape index (κ2) is 13.0. The summed E-state index contributed by atoms with van der Waals surface area (Å²) in [4.78, 5) is 38.5. The van der Waals surface area contributed by atoms with Crippen molar-refractivity contribution in [3.63, 3.8) is 0 Å². The molecule has 6 atom stereocenters. The maximum atomic E-state index is 14.1. The van der Waals surface area contributed by atoms with Gasteiger partial charge in [0.1, 0.15) is 36.7 Å². The van der Waals surface area contributed by atoms with E-state index in [1.54, 1.807) is 48.5 Å². The predicted molar refractivity (Wildman–Crippen MR) is 154 cm³/mol. The van der Waals surface area contributed by atoms with Crippen LogP contribution in [0.2, 0.25) is 0 Å². The summed E-state index contributed by atoms with van der Waals surface area (Å²) in [6, 6.07) is 21.3. The number of benzene rings is 3. The van der Waals surface area contributed by atoms with Crippen LogP contribution < -0.4 is 20.9 Å². The Kier molecular flexibility index (Phi) is 9.21. The van der Waals surface area contributed by atoms with Crippen LogP contribution in [0.3, 0.4) is 0 Å². The molecule has 1 saturated heterocycles. The molecule has 0 amide bonds. The first-order chi connectivity index (χ1) is 20.6. The smallest absolute Gasteiger partial charge is 0.459 e. The third-order valence-electron chi connectivity index (χ3n) is 6.77. The summed E-state index contributed by atoms with van der Waals surface area (Å²) in [6.45, 7) is 0.847. The highest BCUT2D eigenvalue weighted by atomic mass is 31.2. The number of ether oxygens (including phenoxy) is 2. The molecule has 14 heteroatoms. The minimum atomic E-state index is -4.40. The van der Waals surface area contributed by atoms with Crippen LogP contribution in [0.15, 0.2) is 94.6 Å². The van der Waals surface area contributed by atoms with Crippen molar-refractivity contribution in [2.24, 2.45) is 0 Å². The third kappa shape index (κ3) is 7.11. The van der Waals surface area contributed by atoms with Crippen molar-refractivity contribution in [2.45, 2.75) is 44.1 Å². The number of nitrogens with zero attached hydrogens (tertiary/aromatic N) is 1. The van der Waals surface area contributed by atoms with E-state index in [-0.39, 0.29) is 12.4 Å². The van der Waals surface area contributed by atoms with Gasteiger partial charge in [0.15, 0.2) is 6.23 Å². The van der Waals surface area contributed by atoms with Crippen LogP contribution in [0.25, 0.3) is 10.8 Å². The minimum Gasteiger partial charge on any atom is -0.460 e. The van der Waals surface area contributed by atoms with Crippen LogP contribution in [0, 0.1) is 0 Å². The molecule has 3 aromatic carbocycles. The van der Waals surface area contributed by atoms with Gasteiger partial charge in [-0.15, -0.1) is 0 Å². The second-order valence-electron chi connectivity index (χ2n) is 9.87. The summed E-state index contributed by atoms with van der Waals surface area (Å²) in [5.74, 6) is -0.524. The Morgan fingerprint density at radius 3 is 2.51 bits per heavy atom. The summed E-state index contributed by atoms with van der Waals surface area (Å²) >= 11 is 0. The molecule has 2 heterocycles. The first-order valence-corrected chi connectivity index (χ1v) is 14.9. The number of hydrogen-bond acceptors (Lipinski definition) is 10. The van der Waals surface area contributed by atoms with Gasteiger partial charge in [0.25, 0.3) is 5.56 Å². The third-order valence-corrected chi connectivity index (χ3v) is 8.40. The number of aliphatic hydroxyl groups excluding tert-OH is 2. The summed E-state index contributed by atoms with van der Waals surface area (Å²) in [7, 11) is -4.40. The molecule has 43 heavy (non-hydrogen) atoms. The Bertz CT molecular complexity index is 1740. The number of fused-ring (bicyclic) bond motifs is 1. The molecule has 1 aromatic heterocycles. The number of carbonyl (C=O) groups is 1. The molecule has 0 aliphatic carbocycles. The van der Waals surface area contributed by atoms with Crippen molar-refractivity contribution < 1.29 is 38.1 Å². The van der Waals surface area contributed by atoms with Gasteiger partial charge in [-0.2, -0.15) is 5.09 Å². The van der Waals surface area contributed by atoms with Gasteiger partial charge >= 0.3 is 19.4 Å². The zero-order chi connectivity index (χ0) is 30.6. The number of hydrogen-bond donors (Lipinski definition) is 4. The minimum absolute atomic E-state index is 0.00740. The van der Waals surface area contributed by atoms with E-state index in [1.165, 1.54) is 6.92 Å². The van der Waals surface area contributed by atoms with E-state index in [9.17, 15) is 29.2 Å². The highest BCUT2D eigenvalue weighted by Gasteiger charge is 2.46. The van der Waals surface area contributed by atoms with Crippen molar-refractivity contribution in [1.29, 1.82) is 0 Å². The van der Waals surface area contributed by atoms with Crippen molar-refractivity contribution in [3.05, 3.63) is 111 Å². The fourth-order valence-corrected chi connectivity index (χ4v) is 6.06. The summed E-state index contributed by atoms with van der Waals surface area (Å²) in [5.41, 5.74) is -0.750. The molecule has 4 N–H and O–H groups in total. The molecule has 0 spiro atoms. The van der Waals surface area contributed by atoms with Gasteiger partial charge in [-0.05, 0) is 23.9 Å². The van der Waals surface area contributed by atoms with E-state index in [1.807, 2.05) is 29.2 Å². The molecule has 226 valence electrons. The molecular weight excluding hydrogens is 581 g/mol. The predicted octanol–water partition coefficient (Wildman–Crippen LogP) is 2.23. The Morgan fingerprint density at radius 2 is 1.74 bits per heavy atom. The van der Waals surface area contributed by atoms with E-state index in [0.29, 0.717) is 5.39 Å². The van der Waals surface area contributed by atoms with Gasteiger partial charge < -0.3 is 24.2 Å². The molecule has 0 saturated carbocycles. The Hall–Kier alpha value is -4.10. The number of H-pyrrole nitrogens is 1. The quantitative estimate of drug-likeness (QED) is 0.144. The van der Waals surface area contributed by atoms with E-state index in [2.05, 4.69) is 5.09 Å². The molecular formula is C29H30N3O10P. The van der Waals surface area contributed by atoms with Crippen molar-refractivity contribution in [1.82, 2.24) is 14.6 Å². The molecule has 4 aromatic rings. The van der Waals surface area contributed by atoms with Crippen LogP contribution in [-0.4, -0.2) is 56.7 Å². The van der Waals surface area contributed by atoms with Gasteiger partial charge in [-0.25, -0.2) is 9.36 Å². The summed E-state index contributed by atoms with van der Waals surface area (Å²) in [5, 5.41) is 25.2. The van der Waals surface area contributed by atoms with E-state index < -0.39 is 62.2 Å². The van der Waals surface area contributed by atoms with Gasteiger partial charge in [0.2, 0.25) is 0 Å². The van der Waals surface area contributed by atoms with Crippen molar-refractivity contribution >= 4 is 24.5 Å². The highest BCUT2D eigenvalue weighted by Crippen LogP contribution is 2.47. The lowest BCUT2D eigenvalue weighted by molar-refractivity contribution is -0.146. The lowest BCUT2D eigenvalue weighted by Crippen LogP contribution is -2.38. The molecule has 5 rings (SSSR count). The number of esters is 1. The van der Waals surface area contributed by atoms with Crippen LogP contribution in [0.4, 0.5) is 0 Å². The SMILES string of the molecule is C[C@H](NP(=O)(OC[C@H]1O[C@@H](n2ccc(=O)[nH]c2=O)[C@H](O)[C@@H]1O)Oc1cccc2ccccc12)C(=O)OCc1ccccc1. The first-order valence-electron chi connectivity index (χ1n) is 13.4. The zero-order valence-corrected chi connectivity index (χ0v) is 23.8. The molecule has 1 fully saturated rings. The number of rotatable bonds is 11. The second-order valence-corrected chi connectivity index (χ2v) is 11.6. The van der Waals surface area contributed by atoms with Crippen LogP contribution in [0.1, 0.15) is 18.7 Å². The topological polar surface area (TPSA) is 178 Å². The highest BCUT2D eigenvalue weighted by molar-refractivity contribution is 7.52. The average Bonchev–Trinajstić information content (AvgIpc) is 3.28. The molecule has 1 aliphatic rings. The largest absolute Gasteiger partial charge is 0.460 e. The number of aliphatic hydroxyl groups is 2. The molecule has 1 aliphatic heterocycles. The van der Waals surface area contributed by atoms with Crippen LogP contribution >= 0.6 is 7.75 Å². The van der Waals surface area contributed by atoms with E-state index >= 15 is 0 Å². The average molecular weight is 612 g/mol.